The number of rotatable bonds is 9. The maximum absolute atomic E-state index is 13.9. The molecule has 0 aliphatic carbocycles. The van der Waals surface area contributed by atoms with E-state index in [1.54, 1.807) is 59.4 Å². The topological polar surface area (TPSA) is 102 Å². The van der Waals surface area contributed by atoms with E-state index in [1.165, 1.54) is 0 Å². The van der Waals surface area contributed by atoms with Crippen LogP contribution in [0.1, 0.15) is 17.2 Å². The molecule has 0 saturated heterocycles. The Morgan fingerprint density at radius 2 is 1.71 bits per heavy atom. The van der Waals surface area contributed by atoms with Crippen LogP contribution in [0.5, 0.6) is 5.75 Å². The van der Waals surface area contributed by atoms with E-state index >= 15 is 0 Å². The minimum absolute atomic E-state index is 0.0834. The number of pyridine rings is 1. The van der Waals surface area contributed by atoms with E-state index in [-0.39, 0.29) is 24.9 Å². The molecule has 9 nitrogen and oxygen atoms in total. The van der Waals surface area contributed by atoms with Gasteiger partial charge in [0.2, 0.25) is 5.91 Å². The molecule has 0 spiro atoms. The van der Waals surface area contributed by atoms with Gasteiger partial charge in [0.15, 0.2) is 0 Å². The van der Waals surface area contributed by atoms with Crippen molar-refractivity contribution >= 4 is 28.5 Å². The number of nitrogens with zero attached hydrogens (tertiary/aromatic N) is 5. The van der Waals surface area contributed by atoms with E-state index in [0.29, 0.717) is 22.5 Å². The lowest BCUT2D eigenvalue weighted by molar-refractivity contribution is -0.140. The molecule has 2 amide bonds. The second-order valence-corrected chi connectivity index (χ2v) is 8.65. The molecule has 0 radical (unpaired) electrons. The molecule has 5 rings (SSSR count). The molecule has 0 aliphatic heterocycles. The summed E-state index contributed by atoms with van der Waals surface area (Å²) in [6, 6.07) is 26.5. The molecule has 1 N–H and O–H groups in total. The van der Waals surface area contributed by atoms with Gasteiger partial charge in [-0.2, -0.15) is 0 Å². The second kappa shape index (κ2) is 11.3. The highest BCUT2D eigenvalue weighted by molar-refractivity contribution is 5.98. The Labute approximate surface area is 219 Å². The number of para-hydroxylation sites is 1. The maximum Gasteiger partial charge on any atom is 0.251 e. The first-order valence-electron chi connectivity index (χ1n) is 12.1. The molecule has 2 aromatic heterocycles. The molecule has 38 heavy (non-hydrogen) atoms. The lowest BCUT2D eigenvalue weighted by atomic mass is 10.0. The van der Waals surface area contributed by atoms with Crippen LogP contribution in [-0.4, -0.2) is 43.8 Å². The largest absolute Gasteiger partial charge is 0.497 e. The number of fused-ring (bicyclic) bond motifs is 1. The fourth-order valence-electron chi connectivity index (χ4n) is 4.26. The number of anilines is 1. The first-order chi connectivity index (χ1) is 18.6. The lowest BCUT2D eigenvalue weighted by Crippen LogP contribution is -2.42. The molecular weight excluding hydrogens is 480 g/mol. The van der Waals surface area contributed by atoms with Crippen molar-refractivity contribution in [2.75, 3.05) is 12.4 Å². The number of aromatic nitrogens is 4. The van der Waals surface area contributed by atoms with Gasteiger partial charge in [-0.25, -0.2) is 4.68 Å². The third-order valence-electron chi connectivity index (χ3n) is 6.13. The second-order valence-electron chi connectivity index (χ2n) is 8.65. The van der Waals surface area contributed by atoms with Gasteiger partial charge in [0.25, 0.3) is 5.91 Å². The van der Waals surface area contributed by atoms with Crippen molar-refractivity contribution < 1.29 is 14.3 Å². The summed E-state index contributed by atoms with van der Waals surface area (Å²) in [7, 11) is 1.58. The normalized spacial score (nSPS) is 11.6. The summed E-state index contributed by atoms with van der Waals surface area (Å²) in [5.74, 6) is 0.0429. The Kier molecular flexibility index (Phi) is 7.35. The summed E-state index contributed by atoms with van der Waals surface area (Å²) in [4.78, 5) is 33.5. The van der Waals surface area contributed by atoms with Crippen molar-refractivity contribution in [2.45, 2.75) is 19.1 Å². The zero-order valence-electron chi connectivity index (χ0n) is 20.8. The summed E-state index contributed by atoms with van der Waals surface area (Å²) in [5, 5.41) is 11.3. The van der Waals surface area contributed by atoms with Crippen LogP contribution in [0.4, 0.5) is 5.69 Å². The Morgan fingerprint density at radius 1 is 0.947 bits per heavy atom. The highest BCUT2D eigenvalue weighted by atomic mass is 16.5. The monoisotopic (exact) mass is 506 g/mol. The quantitative estimate of drug-likeness (QED) is 0.321. The Bertz CT molecular complexity index is 1520. The number of methoxy groups -OCH3 is 1. The minimum atomic E-state index is -0.916. The number of ether oxygens (including phenoxy) is 1. The number of amides is 2. The number of carbonyl (C=O) groups excluding carboxylic acids is 2. The predicted molar refractivity (Wildman–Crippen MR) is 143 cm³/mol. The molecule has 5 aromatic rings. The first kappa shape index (κ1) is 24.6. The van der Waals surface area contributed by atoms with Crippen molar-refractivity contribution in [2.24, 2.45) is 0 Å². The standard InChI is InChI=1S/C29H26N6O3/c1-38-24-15-13-23(14-16-24)31-29(37)28(22-9-3-2-4-10-22)34(19-21-8-7-17-30-18-21)27(36)20-35-26-12-6-5-11-25(26)32-33-35/h2-18,28H,19-20H2,1H3,(H,31,37)/t28-/m0/s1. The van der Waals surface area contributed by atoms with Gasteiger partial charge in [-0.05, 0) is 53.6 Å². The molecule has 0 unspecified atom stereocenters. The van der Waals surface area contributed by atoms with Gasteiger partial charge < -0.3 is 15.0 Å². The van der Waals surface area contributed by atoms with E-state index in [9.17, 15) is 9.59 Å². The average Bonchev–Trinajstić information content (AvgIpc) is 3.37. The van der Waals surface area contributed by atoms with Crippen LogP contribution in [0.25, 0.3) is 11.0 Å². The zero-order chi connectivity index (χ0) is 26.3. The van der Waals surface area contributed by atoms with E-state index in [4.69, 9.17) is 4.74 Å². The van der Waals surface area contributed by atoms with Gasteiger partial charge in [0.1, 0.15) is 23.9 Å². The molecule has 0 aliphatic rings. The third-order valence-corrected chi connectivity index (χ3v) is 6.13. The van der Waals surface area contributed by atoms with Gasteiger partial charge in [-0.15, -0.1) is 5.10 Å². The van der Waals surface area contributed by atoms with Crippen LogP contribution in [0.3, 0.4) is 0 Å². The number of hydrogen-bond donors (Lipinski definition) is 1. The fourth-order valence-corrected chi connectivity index (χ4v) is 4.26. The van der Waals surface area contributed by atoms with Crippen molar-refractivity contribution in [1.29, 1.82) is 0 Å². The molecule has 0 bridgehead atoms. The molecule has 2 heterocycles. The SMILES string of the molecule is COc1ccc(NC(=O)[C@H](c2ccccc2)N(Cc2cccnc2)C(=O)Cn2nnc3ccccc32)cc1. The van der Waals surface area contributed by atoms with E-state index in [2.05, 4.69) is 20.6 Å². The molecule has 0 fully saturated rings. The number of nitrogens with one attached hydrogen (secondary N) is 1. The van der Waals surface area contributed by atoms with Gasteiger partial charge in [-0.1, -0.05) is 53.7 Å². The van der Waals surface area contributed by atoms with Gasteiger partial charge in [0, 0.05) is 24.6 Å². The summed E-state index contributed by atoms with van der Waals surface area (Å²) in [5.41, 5.74) is 3.49. The first-order valence-corrected chi connectivity index (χ1v) is 12.1. The summed E-state index contributed by atoms with van der Waals surface area (Å²) >= 11 is 0. The van der Waals surface area contributed by atoms with Crippen LogP contribution in [-0.2, 0) is 22.7 Å². The fraction of sp³-hybridized carbons (Fsp3) is 0.138. The Balaban J connectivity index is 1.51. The van der Waals surface area contributed by atoms with Crippen LogP contribution < -0.4 is 10.1 Å². The van der Waals surface area contributed by atoms with Crippen LogP contribution in [0, 0.1) is 0 Å². The third kappa shape index (κ3) is 5.52. The van der Waals surface area contributed by atoms with Crippen molar-refractivity contribution in [1.82, 2.24) is 24.9 Å². The van der Waals surface area contributed by atoms with E-state index in [1.807, 2.05) is 60.7 Å². The summed E-state index contributed by atoms with van der Waals surface area (Å²) in [6.07, 6.45) is 3.36. The zero-order valence-corrected chi connectivity index (χ0v) is 20.8. The van der Waals surface area contributed by atoms with Crippen molar-refractivity contribution in [3.05, 3.63) is 115 Å². The number of benzene rings is 3. The van der Waals surface area contributed by atoms with Crippen molar-refractivity contribution in [3.8, 4) is 5.75 Å². The van der Waals surface area contributed by atoms with E-state index in [0.717, 1.165) is 11.1 Å². The van der Waals surface area contributed by atoms with Gasteiger partial charge in [0.05, 0.1) is 12.6 Å². The molecule has 3 aromatic carbocycles. The average molecular weight is 507 g/mol. The molecule has 190 valence electrons. The predicted octanol–water partition coefficient (Wildman–Crippen LogP) is 4.24. The molecule has 9 heteroatoms. The highest BCUT2D eigenvalue weighted by Crippen LogP contribution is 2.26. The molecule has 1 atom stereocenters. The molecular formula is C29H26N6O3. The Morgan fingerprint density at radius 3 is 2.45 bits per heavy atom. The van der Waals surface area contributed by atoms with Crippen LogP contribution >= 0.6 is 0 Å². The van der Waals surface area contributed by atoms with Crippen LogP contribution in [0.2, 0.25) is 0 Å². The highest BCUT2D eigenvalue weighted by Gasteiger charge is 2.32. The smallest absolute Gasteiger partial charge is 0.251 e. The minimum Gasteiger partial charge on any atom is -0.497 e. The van der Waals surface area contributed by atoms with Crippen LogP contribution in [0.15, 0.2) is 103 Å². The summed E-state index contributed by atoms with van der Waals surface area (Å²) < 4.78 is 6.78. The van der Waals surface area contributed by atoms with Crippen molar-refractivity contribution in [3.63, 3.8) is 0 Å². The lowest BCUT2D eigenvalue weighted by Gasteiger charge is -2.31. The van der Waals surface area contributed by atoms with E-state index < -0.39 is 6.04 Å². The molecule has 0 saturated carbocycles. The number of carbonyl (C=O) groups is 2. The maximum atomic E-state index is 13.9. The van der Waals surface area contributed by atoms with Gasteiger partial charge >= 0.3 is 0 Å². The van der Waals surface area contributed by atoms with Gasteiger partial charge in [-0.3, -0.25) is 14.6 Å². The number of hydrogen-bond acceptors (Lipinski definition) is 6. The Hall–Kier alpha value is -5.05. The summed E-state index contributed by atoms with van der Waals surface area (Å²) in [6.45, 7) is 0.0921.